The van der Waals surface area contributed by atoms with Gasteiger partial charge in [0, 0.05) is 12.5 Å². The summed E-state index contributed by atoms with van der Waals surface area (Å²) in [5.41, 5.74) is -0.0986. The molecule has 0 heterocycles. The van der Waals surface area contributed by atoms with Gasteiger partial charge < -0.3 is 4.85 Å². The molecule has 3 heteroatoms. The quantitative estimate of drug-likeness (QED) is 0.617. The minimum Gasteiger partial charge on any atom is -0.307 e. The molecule has 1 unspecified atom stereocenters. The van der Waals surface area contributed by atoms with E-state index in [1.54, 1.807) is 18.2 Å². The highest BCUT2D eigenvalue weighted by Gasteiger charge is 2.43. The number of benzene rings is 1. The number of nitrogens with zero attached hydrogens (tertiary/aromatic N) is 1. The minimum absolute atomic E-state index is 0.0986. The van der Waals surface area contributed by atoms with Crippen molar-refractivity contribution in [3.05, 3.63) is 47.3 Å². The number of hydrogen-bond donors (Lipinski definition) is 0. The molecule has 68 valence electrons. The van der Waals surface area contributed by atoms with Crippen molar-refractivity contribution >= 4 is 0 Å². The average Bonchev–Trinajstić information content (AvgIpc) is 2.18. The molecule has 0 N–H and O–H groups in total. The van der Waals surface area contributed by atoms with Crippen LogP contribution in [0.15, 0.2) is 30.3 Å². The van der Waals surface area contributed by atoms with Gasteiger partial charge in [0.1, 0.15) is 0 Å². The molecule has 1 atom stereocenters. The van der Waals surface area contributed by atoms with E-state index in [0.29, 0.717) is 0 Å². The summed E-state index contributed by atoms with van der Waals surface area (Å²) in [7, 11) is 0. The van der Waals surface area contributed by atoms with Crippen LogP contribution in [0, 0.1) is 6.57 Å². The van der Waals surface area contributed by atoms with E-state index in [-0.39, 0.29) is 5.56 Å². The number of alkyl halides is 2. The van der Waals surface area contributed by atoms with Crippen LogP contribution in [0.3, 0.4) is 0 Å². The lowest BCUT2D eigenvalue weighted by Gasteiger charge is -2.14. The first-order valence-corrected chi connectivity index (χ1v) is 3.89. The van der Waals surface area contributed by atoms with Gasteiger partial charge in [-0.1, -0.05) is 30.3 Å². The summed E-state index contributed by atoms with van der Waals surface area (Å²) in [5, 5.41) is 0. The monoisotopic (exact) mass is 181 g/mol. The average molecular weight is 181 g/mol. The molecule has 13 heavy (non-hydrogen) atoms. The van der Waals surface area contributed by atoms with Gasteiger partial charge in [-0.2, -0.15) is 8.78 Å². The number of rotatable bonds is 2. The lowest BCUT2D eigenvalue weighted by molar-refractivity contribution is -0.0144. The Hall–Kier alpha value is -1.43. The van der Waals surface area contributed by atoms with Crippen molar-refractivity contribution in [3.63, 3.8) is 0 Å². The van der Waals surface area contributed by atoms with E-state index in [1.807, 2.05) is 0 Å². The highest BCUT2D eigenvalue weighted by molar-refractivity contribution is 5.22. The molecule has 0 spiro atoms. The van der Waals surface area contributed by atoms with Crippen molar-refractivity contribution in [1.82, 2.24) is 0 Å². The predicted octanol–water partition coefficient (Wildman–Crippen LogP) is 3.09. The third-order valence-corrected chi connectivity index (χ3v) is 1.88. The summed E-state index contributed by atoms with van der Waals surface area (Å²) in [6.07, 6.45) is 0. The lowest BCUT2D eigenvalue weighted by atomic mass is 10.0. The van der Waals surface area contributed by atoms with E-state index in [4.69, 9.17) is 6.57 Å². The van der Waals surface area contributed by atoms with E-state index in [9.17, 15) is 8.78 Å². The minimum atomic E-state index is -3.05. The smallest absolute Gasteiger partial charge is 0.307 e. The van der Waals surface area contributed by atoms with Crippen LogP contribution in [0.2, 0.25) is 0 Å². The summed E-state index contributed by atoms with van der Waals surface area (Å²) in [4.78, 5) is 2.84. The third-order valence-electron chi connectivity index (χ3n) is 1.88. The van der Waals surface area contributed by atoms with Crippen LogP contribution in [-0.2, 0) is 5.92 Å². The molecule has 0 saturated heterocycles. The molecular weight excluding hydrogens is 172 g/mol. The third kappa shape index (κ3) is 1.83. The Morgan fingerprint density at radius 3 is 2.31 bits per heavy atom. The van der Waals surface area contributed by atoms with Crippen molar-refractivity contribution < 1.29 is 8.78 Å². The van der Waals surface area contributed by atoms with Gasteiger partial charge in [-0.25, -0.2) is 6.57 Å². The second-order valence-electron chi connectivity index (χ2n) is 2.79. The summed E-state index contributed by atoms with van der Waals surface area (Å²) in [6, 6.07) is 6.11. The normalized spacial score (nSPS) is 13.4. The van der Waals surface area contributed by atoms with E-state index < -0.39 is 12.0 Å². The zero-order valence-corrected chi connectivity index (χ0v) is 7.17. The Labute approximate surface area is 75.8 Å². The van der Waals surface area contributed by atoms with E-state index in [1.165, 1.54) is 19.1 Å². The zero-order chi connectivity index (χ0) is 9.90. The van der Waals surface area contributed by atoms with Crippen molar-refractivity contribution in [1.29, 1.82) is 0 Å². The lowest BCUT2D eigenvalue weighted by Crippen LogP contribution is -2.25. The van der Waals surface area contributed by atoms with Crippen LogP contribution in [0.25, 0.3) is 4.85 Å². The molecule has 0 aromatic heterocycles. The molecule has 0 aliphatic carbocycles. The molecule has 0 bridgehead atoms. The predicted molar refractivity (Wildman–Crippen MR) is 46.4 cm³/mol. The standard InChI is InChI=1S/C10H9F2N/c1-8(13-2)10(11,12)9-6-4-3-5-7-9/h3-8H,1H3. The summed E-state index contributed by atoms with van der Waals surface area (Å²) in [6.45, 7) is 7.78. The molecule has 0 radical (unpaired) electrons. The number of hydrogen-bond acceptors (Lipinski definition) is 0. The van der Waals surface area contributed by atoms with E-state index in [2.05, 4.69) is 4.85 Å². The summed E-state index contributed by atoms with van der Waals surface area (Å²) >= 11 is 0. The molecule has 1 aromatic rings. The second kappa shape index (κ2) is 3.53. The molecule has 0 saturated carbocycles. The van der Waals surface area contributed by atoms with E-state index >= 15 is 0 Å². The van der Waals surface area contributed by atoms with Crippen LogP contribution in [-0.4, -0.2) is 6.04 Å². The van der Waals surface area contributed by atoms with Crippen LogP contribution in [0.1, 0.15) is 12.5 Å². The molecule has 1 nitrogen and oxygen atoms in total. The highest BCUT2D eigenvalue weighted by atomic mass is 19.3. The van der Waals surface area contributed by atoms with Gasteiger partial charge in [-0.05, 0) is 0 Å². The second-order valence-corrected chi connectivity index (χ2v) is 2.79. The molecular formula is C10H9F2N. The molecule has 0 aliphatic rings. The highest BCUT2D eigenvalue weighted by Crippen LogP contribution is 2.32. The first-order chi connectivity index (χ1) is 6.09. The Bertz CT molecular complexity index is 313. The van der Waals surface area contributed by atoms with Gasteiger partial charge in [0.05, 0.1) is 0 Å². The van der Waals surface area contributed by atoms with Gasteiger partial charge in [0.2, 0.25) is 0 Å². The Morgan fingerprint density at radius 1 is 1.31 bits per heavy atom. The fourth-order valence-corrected chi connectivity index (χ4v) is 0.983. The maximum Gasteiger partial charge on any atom is 0.345 e. The fourth-order valence-electron chi connectivity index (χ4n) is 0.983. The molecule has 0 fully saturated rings. The van der Waals surface area contributed by atoms with Crippen molar-refractivity contribution in [2.45, 2.75) is 18.9 Å². The largest absolute Gasteiger partial charge is 0.345 e. The molecule has 0 amide bonds. The summed E-state index contributed by atoms with van der Waals surface area (Å²) < 4.78 is 26.7. The SMILES string of the molecule is [C-]#[N+]C(C)C(F)(F)c1ccccc1. The zero-order valence-electron chi connectivity index (χ0n) is 7.17. The molecule has 1 aromatic carbocycles. The van der Waals surface area contributed by atoms with Crippen molar-refractivity contribution in [2.75, 3.05) is 0 Å². The fraction of sp³-hybridized carbons (Fsp3) is 0.300. The van der Waals surface area contributed by atoms with Crippen molar-refractivity contribution in [2.24, 2.45) is 0 Å². The van der Waals surface area contributed by atoms with Gasteiger partial charge in [0.15, 0.2) is 0 Å². The van der Waals surface area contributed by atoms with Gasteiger partial charge in [-0.15, -0.1) is 0 Å². The van der Waals surface area contributed by atoms with Gasteiger partial charge in [-0.3, -0.25) is 0 Å². The summed E-state index contributed by atoms with van der Waals surface area (Å²) in [5.74, 6) is -3.05. The van der Waals surface area contributed by atoms with Crippen LogP contribution < -0.4 is 0 Å². The Balaban J connectivity index is 3.02. The molecule has 1 rings (SSSR count). The Morgan fingerprint density at radius 2 is 1.85 bits per heavy atom. The van der Waals surface area contributed by atoms with Crippen LogP contribution in [0.5, 0.6) is 0 Å². The van der Waals surface area contributed by atoms with Gasteiger partial charge >= 0.3 is 5.92 Å². The first-order valence-electron chi connectivity index (χ1n) is 3.89. The van der Waals surface area contributed by atoms with E-state index in [0.717, 1.165) is 0 Å². The topological polar surface area (TPSA) is 4.36 Å². The first kappa shape index (κ1) is 9.66. The van der Waals surface area contributed by atoms with Crippen LogP contribution >= 0.6 is 0 Å². The van der Waals surface area contributed by atoms with Crippen LogP contribution in [0.4, 0.5) is 8.78 Å². The maximum atomic E-state index is 13.3. The molecule has 0 aliphatic heterocycles. The maximum absolute atomic E-state index is 13.3. The van der Waals surface area contributed by atoms with Crippen molar-refractivity contribution in [3.8, 4) is 0 Å². The Kier molecular flexibility index (Phi) is 2.62. The number of halogens is 2. The van der Waals surface area contributed by atoms with Gasteiger partial charge in [0.25, 0.3) is 6.04 Å².